The van der Waals surface area contributed by atoms with Gasteiger partial charge in [-0.1, -0.05) is 30.3 Å². The number of nitrogens with zero attached hydrogens (tertiary/aromatic N) is 1. The molecule has 1 aliphatic rings. The summed E-state index contributed by atoms with van der Waals surface area (Å²) in [4.78, 5) is 12.3. The summed E-state index contributed by atoms with van der Waals surface area (Å²) in [6.45, 7) is 0. The number of hydrogen-bond donors (Lipinski definition) is 1. The third kappa shape index (κ3) is 2.02. The molecular weight excluding hydrogens is 272 g/mol. The fraction of sp³-hybridized carbons (Fsp3) is 0.105. The van der Waals surface area contributed by atoms with Gasteiger partial charge in [0.15, 0.2) is 0 Å². The van der Waals surface area contributed by atoms with E-state index in [1.54, 1.807) is 0 Å². The Labute approximate surface area is 129 Å². The predicted molar refractivity (Wildman–Crippen MR) is 88.1 cm³/mol. The van der Waals surface area contributed by atoms with Crippen LogP contribution in [0.5, 0.6) is 0 Å². The van der Waals surface area contributed by atoms with E-state index in [-0.39, 0.29) is 5.91 Å². The van der Waals surface area contributed by atoms with Gasteiger partial charge in [0.25, 0.3) is 5.91 Å². The van der Waals surface area contributed by atoms with Gasteiger partial charge in [-0.05, 0) is 52.9 Å². The lowest BCUT2D eigenvalue weighted by Crippen LogP contribution is -2.15. The molecule has 0 bridgehead atoms. The van der Waals surface area contributed by atoms with Crippen LogP contribution in [0.25, 0.3) is 11.1 Å². The average molecular weight is 288 g/mol. The maximum atomic E-state index is 12.3. The summed E-state index contributed by atoms with van der Waals surface area (Å²) < 4.78 is 1.82. The van der Waals surface area contributed by atoms with Crippen LogP contribution in [-0.2, 0) is 13.5 Å². The van der Waals surface area contributed by atoms with E-state index in [0.29, 0.717) is 5.69 Å². The Kier molecular flexibility index (Phi) is 2.86. The minimum Gasteiger partial charge on any atom is -0.347 e. The number of rotatable bonds is 2. The first-order chi connectivity index (χ1) is 10.7. The number of carbonyl (C=O) groups excluding carboxylic acids is 1. The lowest BCUT2D eigenvalue weighted by Gasteiger charge is -2.08. The van der Waals surface area contributed by atoms with Gasteiger partial charge in [0, 0.05) is 18.9 Å². The largest absolute Gasteiger partial charge is 0.347 e. The standard InChI is InChI=1S/C19H16N2O/c1-21-10-4-7-18(21)19(22)20-15-9-8-14-11-13-5-2-3-6-16(13)17(14)12-15/h2-10,12H,11H2,1H3,(H,20,22). The van der Waals surface area contributed by atoms with Gasteiger partial charge in [-0.2, -0.15) is 0 Å². The van der Waals surface area contributed by atoms with Gasteiger partial charge in [-0.25, -0.2) is 0 Å². The molecule has 0 spiro atoms. The van der Waals surface area contributed by atoms with Crippen LogP contribution in [0.2, 0.25) is 0 Å². The summed E-state index contributed by atoms with van der Waals surface area (Å²) >= 11 is 0. The number of aryl methyl sites for hydroxylation is 1. The van der Waals surface area contributed by atoms with E-state index in [9.17, 15) is 4.79 Å². The Morgan fingerprint density at radius 1 is 1.00 bits per heavy atom. The Morgan fingerprint density at radius 3 is 2.64 bits per heavy atom. The van der Waals surface area contributed by atoms with Crippen LogP contribution in [0, 0.1) is 0 Å². The first kappa shape index (κ1) is 12.9. The van der Waals surface area contributed by atoms with Gasteiger partial charge in [-0.3, -0.25) is 4.79 Å². The van der Waals surface area contributed by atoms with Crippen LogP contribution >= 0.6 is 0 Å². The normalized spacial score (nSPS) is 11.9. The van der Waals surface area contributed by atoms with Crippen LogP contribution in [0.4, 0.5) is 5.69 Å². The first-order valence-corrected chi connectivity index (χ1v) is 7.36. The Balaban J connectivity index is 1.66. The Bertz CT molecular complexity index is 877. The topological polar surface area (TPSA) is 34.0 Å². The van der Waals surface area contributed by atoms with Crippen molar-refractivity contribution in [3.8, 4) is 11.1 Å². The van der Waals surface area contributed by atoms with Crippen molar-refractivity contribution in [3.05, 3.63) is 77.6 Å². The van der Waals surface area contributed by atoms with Crippen molar-refractivity contribution >= 4 is 11.6 Å². The van der Waals surface area contributed by atoms with E-state index in [1.165, 1.54) is 22.3 Å². The average Bonchev–Trinajstić information content (AvgIpc) is 3.10. The van der Waals surface area contributed by atoms with Gasteiger partial charge in [0.1, 0.15) is 5.69 Å². The minimum atomic E-state index is -0.0845. The van der Waals surface area contributed by atoms with Crippen molar-refractivity contribution < 1.29 is 4.79 Å². The SMILES string of the molecule is Cn1cccc1C(=O)Nc1ccc2c(c1)-c1ccccc1C2. The number of amides is 1. The van der Waals surface area contributed by atoms with E-state index < -0.39 is 0 Å². The molecule has 4 rings (SSSR count). The third-order valence-electron chi connectivity index (χ3n) is 4.23. The number of hydrogen-bond acceptors (Lipinski definition) is 1. The van der Waals surface area contributed by atoms with Crippen molar-refractivity contribution in [3.63, 3.8) is 0 Å². The highest BCUT2D eigenvalue weighted by Gasteiger charge is 2.18. The third-order valence-corrected chi connectivity index (χ3v) is 4.23. The Morgan fingerprint density at radius 2 is 1.82 bits per heavy atom. The summed E-state index contributed by atoms with van der Waals surface area (Å²) in [7, 11) is 1.87. The molecular formula is C19H16N2O. The van der Waals surface area contributed by atoms with E-state index in [0.717, 1.165) is 12.1 Å². The fourth-order valence-electron chi connectivity index (χ4n) is 3.09. The van der Waals surface area contributed by atoms with Crippen LogP contribution in [0.15, 0.2) is 60.8 Å². The van der Waals surface area contributed by atoms with E-state index >= 15 is 0 Å². The van der Waals surface area contributed by atoms with Gasteiger partial charge >= 0.3 is 0 Å². The molecule has 3 nitrogen and oxygen atoms in total. The zero-order valence-corrected chi connectivity index (χ0v) is 12.3. The van der Waals surface area contributed by atoms with Gasteiger partial charge < -0.3 is 9.88 Å². The molecule has 0 aliphatic heterocycles. The summed E-state index contributed by atoms with van der Waals surface area (Å²) in [5.41, 5.74) is 6.65. The molecule has 1 aromatic heterocycles. The van der Waals surface area contributed by atoms with Gasteiger partial charge in [0.05, 0.1) is 0 Å². The molecule has 0 fully saturated rings. The van der Waals surface area contributed by atoms with Crippen LogP contribution in [0.1, 0.15) is 21.6 Å². The lowest BCUT2D eigenvalue weighted by molar-refractivity contribution is 0.101. The molecule has 0 radical (unpaired) electrons. The molecule has 1 amide bonds. The molecule has 1 aliphatic carbocycles. The number of fused-ring (bicyclic) bond motifs is 3. The zero-order valence-electron chi connectivity index (χ0n) is 12.3. The van der Waals surface area contributed by atoms with Crippen molar-refractivity contribution in [2.45, 2.75) is 6.42 Å². The highest BCUT2D eigenvalue weighted by atomic mass is 16.1. The molecule has 0 atom stereocenters. The summed E-state index contributed by atoms with van der Waals surface area (Å²) in [6, 6.07) is 18.3. The Hall–Kier alpha value is -2.81. The number of carbonyl (C=O) groups is 1. The maximum absolute atomic E-state index is 12.3. The predicted octanol–water partition coefficient (Wildman–Crippen LogP) is 3.85. The summed E-state index contributed by atoms with van der Waals surface area (Å²) in [5.74, 6) is -0.0845. The van der Waals surface area contributed by atoms with Crippen molar-refractivity contribution in [1.82, 2.24) is 4.57 Å². The first-order valence-electron chi connectivity index (χ1n) is 7.36. The summed E-state index contributed by atoms with van der Waals surface area (Å²) in [5, 5.41) is 2.99. The second-order valence-corrected chi connectivity index (χ2v) is 5.66. The maximum Gasteiger partial charge on any atom is 0.272 e. The highest BCUT2D eigenvalue weighted by Crippen LogP contribution is 2.37. The second kappa shape index (κ2) is 4.88. The lowest BCUT2D eigenvalue weighted by atomic mass is 10.1. The van der Waals surface area contributed by atoms with Crippen molar-refractivity contribution in [2.75, 3.05) is 5.32 Å². The van der Waals surface area contributed by atoms with E-state index in [2.05, 4.69) is 41.7 Å². The molecule has 0 saturated heterocycles. The van der Waals surface area contributed by atoms with Gasteiger partial charge in [-0.15, -0.1) is 0 Å². The summed E-state index contributed by atoms with van der Waals surface area (Å²) in [6.07, 6.45) is 2.84. The van der Waals surface area contributed by atoms with E-state index in [4.69, 9.17) is 0 Å². The fourth-order valence-corrected chi connectivity index (χ4v) is 3.09. The molecule has 2 aromatic carbocycles. The van der Waals surface area contributed by atoms with Crippen LogP contribution < -0.4 is 5.32 Å². The van der Waals surface area contributed by atoms with E-state index in [1.807, 2.05) is 36.0 Å². The highest BCUT2D eigenvalue weighted by molar-refractivity contribution is 6.03. The molecule has 22 heavy (non-hydrogen) atoms. The number of anilines is 1. The zero-order chi connectivity index (χ0) is 15.1. The molecule has 0 unspecified atom stereocenters. The molecule has 3 aromatic rings. The molecule has 1 N–H and O–H groups in total. The number of nitrogens with one attached hydrogen (secondary N) is 1. The number of aromatic nitrogens is 1. The molecule has 3 heteroatoms. The molecule has 1 heterocycles. The minimum absolute atomic E-state index is 0.0845. The van der Waals surface area contributed by atoms with Crippen LogP contribution in [-0.4, -0.2) is 10.5 Å². The molecule has 108 valence electrons. The second-order valence-electron chi connectivity index (χ2n) is 5.66. The molecule has 0 saturated carbocycles. The van der Waals surface area contributed by atoms with Crippen molar-refractivity contribution in [1.29, 1.82) is 0 Å². The monoisotopic (exact) mass is 288 g/mol. The number of benzene rings is 2. The quantitative estimate of drug-likeness (QED) is 0.597. The van der Waals surface area contributed by atoms with Gasteiger partial charge in [0.2, 0.25) is 0 Å². The van der Waals surface area contributed by atoms with Crippen LogP contribution in [0.3, 0.4) is 0 Å². The van der Waals surface area contributed by atoms with Crippen molar-refractivity contribution in [2.24, 2.45) is 7.05 Å². The smallest absolute Gasteiger partial charge is 0.272 e.